The molecule has 0 saturated heterocycles. The summed E-state index contributed by atoms with van der Waals surface area (Å²) in [6, 6.07) is 22.2. The minimum Gasteiger partial charge on any atom is -0.507 e. The van der Waals surface area contributed by atoms with Crippen LogP contribution in [-0.2, 0) is 0 Å². The van der Waals surface area contributed by atoms with Crippen LogP contribution in [-0.4, -0.2) is 36.4 Å². The second-order valence-corrected chi connectivity index (χ2v) is 8.32. The van der Waals surface area contributed by atoms with Crippen LogP contribution >= 0.6 is 0 Å². The average molecular weight is 513 g/mol. The van der Waals surface area contributed by atoms with Gasteiger partial charge in [0.05, 0.1) is 30.6 Å². The fourth-order valence-electron chi connectivity index (χ4n) is 3.66. The number of benzene rings is 4. The molecule has 4 aromatic rings. The van der Waals surface area contributed by atoms with Crippen molar-refractivity contribution in [3.8, 4) is 23.0 Å². The molecule has 0 unspecified atom stereocenters. The number of nitrogens with zero attached hydrogens (tertiary/aromatic N) is 1. The molecule has 8 heteroatoms. The van der Waals surface area contributed by atoms with Gasteiger partial charge in [0.15, 0.2) is 11.5 Å². The van der Waals surface area contributed by atoms with Gasteiger partial charge in [0, 0.05) is 0 Å². The van der Waals surface area contributed by atoms with Crippen LogP contribution in [0.2, 0.25) is 0 Å². The Bertz CT molecular complexity index is 1460. The van der Waals surface area contributed by atoms with Crippen LogP contribution in [0.1, 0.15) is 46.5 Å². The highest BCUT2D eigenvalue weighted by atomic mass is 16.6. The molecule has 0 saturated carbocycles. The standard InChI is InChI=1S/C30H28N2O6/c1-3-15-37-24-12-10-21(11-13-24)30(35)38-27-14-9-20(16-28(27)36-4-2)19-31-32-29(34)25-17-22-7-5-6-8-23(22)18-26(25)33/h5-14,16-19,33H,3-4,15H2,1-2H3,(H,32,34). The quantitative estimate of drug-likeness (QED) is 0.122. The van der Waals surface area contributed by atoms with E-state index >= 15 is 0 Å². The molecule has 0 radical (unpaired) electrons. The lowest BCUT2D eigenvalue weighted by Gasteiger charge is -2.12. The van der Waals surface area contributed by atoms with Gasteiger partial charge in [-0.1, -0.05) is 31.2 Å². The highest BCUT2D eigenvalue weighted by molar-refractivity contribution is 6.01. The van der Waals surface area contributed by atoms with Crippen molar-refractivity contribution in [3.05, 3.63) is 95.6 Å². The van der Waals surface area contributed by atoms with Crippen LogP contribution in [0.4, 0.5) is 0 Å². The maximum Gasteiger partial charge on any atom is 0.343 e. The molecule has 0 aromatic heterocycles. The van der Waals surface area contributed by atoms with E-state index in [0.29, 0.717) is 35.8 Å². The first-order valence-electron chi connectivity index (χ1n) is 12.3. The summed E-state index contributed by atoms with van der Waals surface area (Å²) in [5, 5.41) is 15.9. The number of hydrazone groups is 1. The number of phenolic OH excluding ortho intramolecular Hbond substituents is 1. The predicted octanol–water partition coefficient (Wildman–Crippen LogP) is 5.72. The molecule has 0 bridgehead atoms. The third-order valence-electron chi connectivity index (χ3n) is 5.52. The molecular weight excluding hydrogens is 484 g/mol. The lowest BCUT2D eigenvalue weighted by Crippen LogP contribution is -2.17. The van der Waals surface area contributed by atoms with E-state index in [1.54, 1.807) is 48.5 Å². The second-order valence-electron chi connectivity index (χ2n) is 8.32. The molecule has 0 heterocycles. The first kappa shape index (κ1) is 26.2. The van der Waals surface area contributed by atoms with Gasteiger partial charge in [-0.05, 0) is 84.3 Å². The zero-order chi connectivity index (χ0) is 26.9. The van der Waals surface area contributed by atoms with Gasteiger partial charge in [-0.15, -0.1) is 0 Å². The Morgan fingerprint density at radius 3 is 2.34 bits per heavy atom. The van der Waals surface area contributed by atoms with Crippen molar-refractivity contribution >= 4 is 28.9 Å². The zero-order valence-corrected chi connectivity index (χ0v) is 21.1. The van der Waals surface area contributed by atoms with Gasteiger partial charge in [0.25, 0.3) is 5.91 Å². The largest absolute Gasteiger partial charge is 0.507 e. The van der Waals surface area contributed by atoms with E-state index in [0.717, 1.165) is 17.2 Å². The predicted molar refractivity (Wildman–Crippen MR) is 145 cm³/mol. The van der Waals surface area contributed by atoms with Crippen molar-refractivity contribution < 1.29 is 28.9 Å². The molecule has 0 aliphatic rings. The molecule has 194 valence electrons. The minimum atomic E-state index is -0.550. The van der Waals surface area contributed by atoms with Gasteiger partial charge in [-0.2, -0.15) is 5.10 Å². The van der Waals surface area contributed by atoms with Gasteiger partial charge in [-0.3, -0.25) is 4.79 Å². The number of fused-ring (bicyclic) bond motifs is 1. The number of amides is 1. The second kappa shape index (κ2) is 12.4. The molecular formula is C30H28N2O6. The van der Waals surface area contributed by atoms with Gasteiger partial charge in [0.1, 0.15) is 11.5 Å². The smallest absolute Gasteiger partial charge is 0.343 e. The van der Waals surface area contributed by atoms with E-state index in [-0.39, 0.29) is 17.1 Å². The summed E-state index contributed by atoms with van der Waals surface area (Å²) in [4.78, 5) is 25.2. The molecule has 0 spiro atoms. The third-order valence-corrected chi connectivity index (χ3v) is 5.52. The van der Waals surface area contributed by atoms with Crippen molar-refractivity contribution in [2.45, 2.75) is 20.3 Å². The fourth-order valence-corrected chi connectivity index (χ4v) is 3.66. The maximum atomic E-state index is 12.7. The molecule has 2 N–H and O–H groups in total. The van der Waals surface area contributed by atoms with E-state index in [9.17, 15) is 14.7 Å². The average Bonchev–Trinajstić information content (AvgIpc) is 2.93. The number of rotatable bonds is 10. The van der Waals surface area contributed by atoms with Crippen LogP contribution in [0.15, 0.2) is 84.0 Å². The van der Waals surface area contributed by atoms with Crippen molar-refractivity contribution in [1.82, 2.24) is 5.43 Å². The lowest BCUT2D eigenvalue weighted by molar-refractivity contribution is 0.0728. The number of aromatic hydroxyl groups is 1. The van der Waals surface area contributed by atoms with Crippen LogP contribution in [0.3, 0.4) is 0 Å². The number of carbonyl (C=O) groups excluding carboxylic acids is 2. The van der Waals surface area contributed by atoms with Gasteiger partial charge >= 0.3 is 5.97 Å². The number of hydrogen-bond donors (Lipinski definition) is 2. The van der Waals surface area contributed by atoms with Crippen molar-refractivity contribution in [2.24, 2.45) is 5.10 Å². The van der Waals surface area contributed by atoms with Crippen LogP contribution in [0, 0.1) is 0 Å². The van der Waals surface area contributed by atoms with E-state index in [1.807, 2.05) is 38.1 Å². The molecule has 0 atom stereocenters. The van der Waals surface area contributed by atoms with Crippen molar-refractivity contribution in [1.29, 1.82) is 0 Å². The minimum absolute atomic E-state index is 0.114. The first-order valence-corrected chi connectivity index (χ1v) is 12.3. The molecule has 8 nitrogen and oxygen atoms in total. The fraction of sp³-hybridized carbons (Fsp3) is 0.167. The van der Waals surface area contributed by atoms with Crippen molar-refractivity contribution in [3.63, 3.8) is 0 Å². The van der Waals surface area contributed by atoms with E-state index in [4.69, 9.17) is 14.2 Å². The van der Waals surface area contributed by atoms with Crippen LogP contribution in [0.5, 0.6) is 23.0 Å². The Labute approximate surface area is 220 Å². The molecule has 0 aliphatic heterocycles. The highest BCUT2D eigenvalue weighted by Crippen LogP contribution is 2.29. The van der Waals surface area contributed by atoms with E-state index in [1.165, 1.54) is 12.3 Å². The Hall–Kier alpha value is -4.85. The number of carbonyl (C=O) groups is 2. The van der Waals surface area contributed by atoms with Gasteiger partial charge in [0.2, 0.25) is 0 Å². The van der Waals surface area contributed by atoms with Gasteiger partial charge in [-0.25, -0.2) is 10.2 Å². The van der Waals surface area contributed by atoms with Crippen molar-refractivity contribution in [2.75, 3.05) is 13.2 Å². The topological polar surface area (TPSA) is 106 Å². The monoisotopic (exact) mass is 512 g/mol. The molecule has 38 heavy (non-hydrogen) atoms. The lowest BCUT2D eigenvalue weighted by atomic mass is 10.1. The molecule has 4 rings (SSSR count). The summed E-state index contributed by atoms with van der Waals surface area (Å²) < 4.78 is 16.8. The van der Waals surface area contributed by atoms with Crippen LogP contribution in [0.25, 0.3) is 10.8 Å². The number of esters is 1. The number of phenols is 1. The maximum absolute atomic E-state index is 12.7. The zero-order valence-electron chi connectivity index (χ0n) is 21.1. The summed E-state index contributed by atoms with van der Waals surface area (Å²) in [7, 11) is 0. The summed E-state index contributed by atoms with van der Waals surface area (Å²) in [6.45, 7) is 4.80. The third kappa shape index (κ3) is 6.47. The van der Waals surface area contributed by atoms with Gasteiger partial charge < -0.3 is 19.3 Å². The van der Waals surface area contributed by atoms with E-state index in [2.05, 4.69) is 10.5 Å². The molecule has 4 aromatic carbocycles. The summed E-state index contributed by atoms with van der Waals surface area (Å²) in [6.07, 6.45) is 2.32. The number of ether oxygens (including phenoxy) is 3. The number of nitrogens with one attached hydrogen (secondary N) is 1. The molecule has 1 amide bonds. The Morgan fingerprint density at radius 2 is 1.63 bits per heavy atom. The summed E-state index contributed by atoms with van der Waals surface area (Å²) >= 11 is 0. The number of hydrogen-bond acceptors (Lipinski definition) is 7. The Balaban J connectivity index is 1.43. The first-order chi connectivity index (χ1) is 18.5. The molecule has 0 aliphatic carbocycles. The Morgan fingerprint density at radius 1 is 0.895 bits per heavy atom. The van der Waals surface area contributed by atoms with Crippen LogP contribution < -0.4 is 19.6 Å². The van der Waals surface area contributed by atoms with E-state index < -0.39 is 11.9 Å². The molecule has 0 fully saturated rings. The highest BCUT2D eigenvalue weighted by Gasteiger charge is 2.14. The summed E-state index contributed by atoms with van der Waals surface area (Å²) in [5.41, 5.74) is 3.52. The Kier molecular flexibility index (Phi) is 8.56. The summed E-state index contributed by atoms with van der Waals surface area (Å²) in [5.74, 6) is 0.0778. The normalized spacial score (nSPS) is 10.9. The SMILES string of the molecule is CCCOc1ccc(C(=O)Oc2ccc(C=NNC(=O)c3cc4ccccc4cc3O)cc2OCC)cc1.